The SMILES string of the molecule is O=C(Nc1ccccc1)c1ccc(NCc2ccc(Cl)cc2)cn1. The van der Waals surface area contributed by atoms with E-state index in [4.69, 9.17) is 11.6 Å². The maximum absolute atomic E-state index is 12.1. The number of hydrogen-bond acceptors (Lipinski definition) is 3. The lowest BCUT2D eigenvalue weighted by molar-refractivity contribution is 0.102. The van der Waals surface area contributed by atoms with Gasteiger partial charge in [0.1, 0.15) is 5.69 Å². The lowest BCUT2D eigenvalue weighted by Gasteiger charge is -2.08. The predicted octanol–water partition coefficient (Wildman–Crippen LogP) is 4.60. The van der Waals surface area contributed by atoms with E-state index >= 15 is 0 Å². The normalized spacial score (nSPS) is 10.2. The lowest BCUT2D eigenvalue weighted by atomic mass is 10.2. The number of hydrogen-bond donors (Lipinski definition) is 2. The molecular weight excluding hydrogens is 322 g/mol. The topological polar surface area (TPSA) is 54.0 Å². The zero-order valence-corrected chi connectivity index (χ0v) is 13.6. The Morgan fingerprint density at radius 1 is 0.917 bits per heavy atom. The fourth-order valence-corrected chi connectivity index (χ4v) is 2.28. The van der Waals surface area contributed by atoms with E-state index in [0.29, 0.717) is 17.3 Å². The largest absolute Gasteiger partial charge is 0.380 e. The van der Waals surface area contributed by atoms with E-state index in [1.165, 1.54) is 0 Å². The molecule has 0 aliphatic rings. The highest BCUT2D eigenvalue weighted by molar-refractivity contribution is 6.30. The second kappa shape index (κ2) is 7.62. The molecular formula is C19H16ClN3O. The van der Waals surface area contributed by atoms with Crippen LogP contribution in [0.1, 0.15) is 16.1 Å². The van der Waals surface area contributed by atoms with Crippen LogP contribution in [-0.4, -0.2) is 10.9 Å². The Bertz CT molecular complexity index is 802. The number of anilines is 2. The average Bonchev–Trinajstić information content (AvgIpc) is 2.62. The van der Waals surface area contributed by atoms with Crippen molar-refractivity contribution in [2.75, 3.05) is 10.6 Å². The molecule has 2 N–H and O–H groups in total. The molecule has 1 heterocycles. The van der Waals surface area contributed by atoms with Crippen molar-refractivity contribution in [3.63, 3.8) is 0 Å². The van der Waals surface area contributed by atoms with Crippen LogP contribution in [0.4, 0.5) is 11.4 Å². The van der Waals surface area contributed by atoms with Crippen LogP contribution in [0.3, 0.4) is 0 Å². The number of rotatable bonds is 5. The molecule has 3 rings (SSSR count). The van der Waals surface area contributed by atoms with Crippen LogP contribution in [0.25, 0.3) is 0 Å². The van der Waals surface area contributed by atoms with Gasteiger partial charge in [-0.2, -0.15) is 0 Å². The number of nitrogens with one attached hydrogen (secondary N) is 2. The minimum atomic E-state index is -0.231. The number of amides is 1. The van der Waals surface area contributed by atoms with Crippen molar-refractivity contribution in [1.82, 2.24) is 4.98 Å². The van der Waals surface area contributed by atoms with Gasteiger partial charge < -0.3 is 10.6 Å². The van der Waals surface area contributed by atoms with Gasteiger partial charge in [0.15, 0.2) is 0 Å². The highest BCUT2D eigenvalue weighted by Gasteiger charge is 2.07. The maximum Gasteiger partial charge on any atom is 0.274 e. The van der Waals surface area contributed by atoms with Gasteiger partial charge in [0, 0.05) is 17.3 Å². The number of nitrogens with zero attached hydrogens (tertiary/aromatic N) is 1. The zero-order chi connectivity index (χ0) is 16.8. The molecule has 5 heteroatoms. The number of carbonyl (C=O) groups is 1. The van der Waals surface area contributed by atoms with Crippen LogP contribution in [0.2, 0.25) is 5.02 Å². The Balaban J connectivity index is 1.58. The van der Waals surface area contributed by atoms with Crippen molar-refractivity contribution in [2.45, 2.75) is 6.54 Å². The van der Waals surface area contributed by atoms with Gasteiger partial charge in [-0.15, -0.1) is 0 Å². The van der Waals surface area contributed by atoms with Gasteiger partial charge >= 0.3 is 0 Å². The van der Waals surface area contributed by atoms with Gasteiger partial charge in [0.05, 0.1) is 11.9 Å². The Hall–Kier alpha value is -2.85. The molecule has 2 aromatic carbocycles. The quantitative estimate of drug-likeness (QED) is 0.715. The summed E-state index contributed by atoms with van der Waals surface area (Å²) in [7, 11) is 0. The molecule has 120 valence electrons. The average molecular weight is 338 g/mol. The summed E-state index contributed by atoms with van der Waals surface area (Å²) in [4.78, 5) is 16.3. The third kappa shape index (κ3) is 4.33. The Morgan fingerprint density at radius 2 is 1.67 bits per heavy atom. The first-order chi connectivity index (χ1) is 11.7. The molecule has 4 nitrogen and oxygen atoms in total. The first-order valence-electron chi connectivity index (χ1n) is 7.51. The summed E-state index contributed by atoms with van der Waals surface area (Å²) in [5.41, 5.74) is 3.08. The molecule has 0 saturated heterocycles. The molecule has 0 unspecified atom stereocenters. The number of aromatic nitrogens is 1. The summed E-state index contributed by atoms with van der Waals surface area (Å²) in [6.07, 6.45) is 1.65. The summed E-state index contributed by atoms with van der Waals surface area (Å²) < 4.78 is 0. The second-order valence-electron chi connectivity index (χ2n) is 5.23. The van der Waals surface area contributed by atoms with E-state index in [1.54, 1.807) is 12.3 Å². The van der Waals surface area contributed by atoms with E-state index in [9.17, 15) is 4.79 Å². The van der Waals surface area contributed by atoms with Crippen LogP contribution in [0, 0.1) is 0 Å². The Kier molecular flexibility index (Phi) is 5.08. The van der Waals surface area contributed by atoms with E-state index in [-0.39, 0.29) is 5.91 Å². The molecule has 0 radical (unpaired) electrons. The summed E-state index contributed by atoms with van der Waals surface area (Å²) in [5, 5.41) is 6.78. The number of para-hydroxylation sites is 1. The minimum Gasteiger partial charge on any atom is -0.380 e. The first-order valence-corrected chi connectivity index (χ1v) is 7.89. The van der Waals surface area contributed by atoms with Crippen molar-refractivity contribution in [3.05, 3.63) is 89.2 Å². The lowest BCUT2D eigenvalue weighted by Crippen LogP contribution is -2.13. The van der Waals surface area contributed by atoms with Crippen LogP contribution in [0.15, 0.2) is 72.9 Å². The van der Waals surface area contributed by atoms with Crippen molar-refractivity contribution >= 4 is 28.9 Å². The van der Waals surface area contributed by atoms with Gasteiger partial charge in [0.25, 0.3) is 5.91 Å². The van der Waals surface area contributed by atoms with Crippen molar-refractivity contribution in [1.29, 1.82) is 0 Å². The monoisotopic (exact) mass is 337 g/mol. The molecule has 1 amide bonds. The van der Waals surface area contributed by atoms with E-state index in [1.807, 2.05) is 60.7 Å². The Morgan fingerprint density at radius 3 is 2.33 bits per heavy atom. The molecule has 0 fully saturated rings. The number of halogens is 1. The molecule has 0 spiro atoms. The van der Waals surface area contributed by atoms with Gasteiger partial charge in [0.2, 0.25) is 0 Å². The van der Waals surface area contributed by atoms with E-state index in [0.717, 1.165) is 16.9 Å². The van der Waals surface area contributed by atoms with Crippen LogP contribution in [0.5, 0.6) is 0 Å². The molecule has 0 aliphatic heterocycles. The first kappa shape index (κ1) is 16.0. The molecule has 1 aromatic heterocycles. The molecule has 0 aliphatic carbocycles. The summed E-state index contributed by atoms with van der Waals surface area (Å²) in [6, 6.07) is 20.5. The molecule has 0 saturated carbocycles. The smallest absolute Gasteiger partial charge is 0.274 e. The summed E-state index contributed by atoms with van der Waals surface area (Å²) in [5.74, 6) is -0.231. The van der Waals surface area contributed by atoms with Crippen LogP contribution >= 0.6 is 11.6 Å². The second-order valence-corrected chi connectivity index (χ2v) is 5.67. The highest BCUT2D eigenvalue weighted by atomic mass is 35.5. The van der Waals surface area contributed by atoms with Gasteiger partial charge in [-0.1, -0.05) is 41.9 Å². The van der Waals surface area contributed by atoms with Crippen molar-refractivity contribution in [3.8, 4) is 0 Å². The zero-order valence-electron chi connectivity index (χ0n) is 12.9. The third-order valence-electron chi connectivity index (χ3n) is 3.44. The molecule has 0 atom stereocenters. The van der Waals surface area contributed by atoms with Crippen molar-refractivity contribution in [2.24, 2.45) is 0 Å². The van der Waals surface area contributed by atoms with Crippen molar-refractivity contribution < 1.29 is 4.79 Å². The Labute approximate surface area is 145 Å². The summed E-state index contributed by atoms with van der Waals surface area (Å²) >= 11 is 5.87. The van der Waals surface area contributed by atoms with Crippen LogP contribution in [-0.2, 0) is 6.54 Å². The third-order valence-corrected chi connectivity index (χ3v) is 3.69. The maximum atomic E-state index is 12.1. The van der Waals surface area contributed by atoms with Crippen LogP contribution < -0.4 is 10.6 Å². The number of pyridine rings is 1. The minimum absolute atomic E-state index is 0.231. The highest BCUT2D eigenvalue weighted by Crippen LogP contribution is 2.13. The summed E-state index contributed by atoms with van der Waals surface area (Å²) in [6.45, 7) is 0.661. The van der Waals surface area contributed by atoms with Gasteiger partial charge in [-0.25, -0.2) is 4.98 Å². The van der Waals surface area contributed by atoms with Gasteiger partial charge in [-0.05, 0) is 42.0 Å². The molecule has 24 heavy (non-hydrogen) atoms. The predicted molar refractivity (Wildman–Crippen MR) is 97.4 cm³/mol. The number of benzene rings is 2. The van der Waals surface area contributed by atoms with E-state index < -0.39 is 0 Å². The molecule has 0 bridgehead atoms. The fourth-order valence-electron chi connectivity index (χ4n) is 2.16. The fraction of sp³-hybridized carbons (Fsp3) is 0.0526. The standard InChI is InChI=1S/C19H16ClN3O/c20-15-8-6-14(7-9-15)12-21-17-10-11-18(22-13-17)19(24)23-16-4-2-1-3-5-16/h1-11,13,21H,12H2,(H,23,24). The van der Waals surface area contributed by atoms with Gasteiger partial charge in [-0.3, -0.25) is 4.79 Å². The number of carbonyl (C=O) groups excluding carboxylic acids is 1. The van der Waals surface area contributed by atoms with E-state index in [2.05, 4.69) is 15.6 Å². The molecule has 3 aromatic rings.